The number of aliphatic hydroxyl groups excluding tert-OH is 3. The van der Waals surface area contributed by atoms with Crippen LogP contribution in [0.4, 0.5) is 0 Å². The number of amides is 1. The fraction of sp³-hybridized carbons (Fsp3) is 0.915. The van der Waals surface area contributed by atoms with Gasteiger partial charge in [-0.2, -0.15) is 0 Å². The first kappa shape index (κ1) is 62.8. The molecule has 3 unspecified atom stereocenters. The maximum absolute atomic E-state index is 12.6. The zero-order valence-electron chi connectivity index (χ0n) is 43.4. The summed E-state index contributed by atoms with van der Waals surface area (Å²) in [5.74, 6) is -0.506. The van der Waals surface area contributed by atoms with Crippen molar-refractivity contribution in [3.05, 3.63) is 24.3 Å². The van der Waals surface area contributed by atoms with Crippen molar-refractivity contribution in [3.8, 4) is 0 Å². The normalized spacial score (nSPS) is 13.4. The molecule has 64 heavy (non-hydrogen) atoms. The van der Waals surface area contributed by atoms with Crippen LogP contribution in [-0.4, -0.2) is 46.1 Å². The first-order valence-corrected chi connectivity index (χ1v) is 29.2. The molecule has 0 aliphatic carbocycles. The first-order chi connectivity index (χ1) is 31.6. The predicted octanol–water partition coefficient (Wildman–Crippen LogP) is 18.1. The SMILES string of the molecule is CCCCCCCCCCCCCCCC/C=C/CC/C=C/C(O)C(CO)NC(=O)C(O)CCCCCCCCCCCCCCCCCCCCCCCCCCCCCCCC. The van der Waals surface area contributed by atoms with Gasteiger partial charge in [0.15, 0.2) is 0 Å². The lowest BCUT2D eigenvalue weighted by Gasteiger charge is -2.21. The summed E-state index contributed by atoms with van der Waals surface area (Å²) >= 11 is 0. The third-order valence-corrected chi connectivity index (χ3v) is 13.8. The fourth-order valence-electron chi connectivity index (χ4n) is 9.26. The highest BCUT2D eigenvalue weighted by molar-refractivity contribution is 5.80. The number of carbonyl (C=O) groups excluding carboxylic acids is 1. The van der Waals surface area contributed by atoms with Crippen LogP contribution < -0.4 is 5.32 Å². The summed E-state index contributed by atoms with van der Waals surface area (Å²) in [5, 5.41) is 33.4. The van der Waals surface area contributed by atoms with Gasteiger partial charge in [-0.25, -0.2) is 0 Å². The van der Waals surface area contributed by atoms with E-state index in [4.69, 9.17) is 0 Å². The molecule has 0 spiro atoms. The highest BCUT2D eigenvalue weighted by atomic mass is 16.3. The molecular formula is C59H115NO4. The number of hydrogen-bond acceptors (Lipinski definition) is 4. The smallest absolute Gasteiger partial charge is 0.249 e. The molecule has 0 radical (unpaired) electrons. The van der Waals surface area contributed by atoms with Crippen LogP contribution >= 0.6 is 0 Å². The van der Waals surface area contributed by atoms with Gasteiger partial charge in [0, 0.05) is 0 Å². The molecule has 1 amide bonds. The van der Waals surface area contributed by atoms with Gasteiger partial charge in [-0.05, 0) is 32.1 Å². The van der Waals surface area contributed by atoms with Crippen molar-refractivity contribution in [3.63, 3.8) is 0 Å². The van der Waals surface area contributed by atoms with Crippen molar-refractivity contribution in [2.75, 3.05) is 6.61 Å². The van der Waals surface area contributed by atoms with Gasteiger partial charge in [-0.1, -0.05) is 314 Å². The van der Waals surface area contributed by atoms with Crippen molar-refractivity contribution < 1.29 is 20.1 Å². The molecule has 5 heteroatoms. The molecule has 4 N–H and O–H groups in total. The Balaban J connectivity index is 3.54. The second kappa shape index (κ2) is 54.4. The summed E-state index contributed by atoms with van der Waals surface area (Å²) in [6, 6.07) is -0.812. The Morgan fingerprint density at radius 1 is 0.375 bits per heavy atom. The van der Waals surface area contributed by atoms with E-state index in [1.807, 2.05) is 6.08 Å². The minimum Gasteiger partial charge on any atom is -0.394 e. The number of aliphatic hydroxyl groups is 3. The van der Waals surface area contributed by atoms with E-state index in [9.17, 15) is 20.1 Å². The lowest BCUT2D eigenvalue weighted by atomic mass is 10.0. The molecule has 0 saturated carbocycles. The largest absolute Gasteiger partial charge is 0.394 e. The standard InChI is InChI=1S/C59H115NO4/c1-3-5-7-9-11-13-15-17-19-21-23-25-26-27-28-29-30-31-32-33-34-36-38-40-42-44-46-48-50-52-54-58(63)59(64)60-56(55-61)57(62)53-51-49-47-45-43-41-39-37-35-24-22-20-18-16-14-12-10-8-6-4-2/h43,45,51,53,56-58,61-63H,3-42,44,46-50,52,54-55H2,1-2H3,(H,60,64)/b45-43+,53-51+. The van der Waals surface area contributed by atoms with E-state index in [0.29, 0.717) is 6.42 Å². The Morgan fingerprint density at radius 3 is 0.953 bits per heavy atom. The van der Waals surface area contributed by atoms with E-state index in [0.717, 1.165) is 38.5 Å². The van der Waals surface area contributed by atoms with Crippen molar-refractivity contribution >= 4 is 5.91 Å². The molecule has 0 bridgehead atoms. The predicted molar refractivity (Wildman–Crippen MR) is 282 cm³/mol. The Bertz CT molecular complexity index is 951. The van der Waals surface area contributed by atoms with E-state index in [1.165, 1.54) is 263 Å². The minimum atomic E-state index is -1.10. The van der Waals surface area contributed by atoms with E-state index in [1.54, 1.807) is 6.08 Å². The number of hydrogen-bond donors (Lipinski definition) is 4. The van der Waals surface area contributed by atoms with E-state index in [2.05, 4.69) is 31.3 Å². The Labute approximate surface area is 401 Å². The third kappa shape index (κ3) is 48.8. The lowest BCUT2D eigenvalue weighted by molar-refractivity contribution is -0.131. The molecule has 0 aromatic rings. The number of unbranched alkanes of at least 4 members (excludes halogenated alkanes) is 44. The van der Waals surface area contributed by atoms with Gasteiger partial charge in [0.2, 0.25) is 5.91 Å². The molecule has 0 aromatic heterocycles. The highest BCUT2D eigenvalue weighted by Crippen LogP contribution is 2.18. The average molecular weight is 903 g/mol. The molecule has 0 rings (SSSR count). The summed E-state index contributed by atoms with van der Waals surface area (Å²) < 4.78 is 0. The van der Waals surface area contributed by atoms with Gasteiger partial charge in [0.25, 0.3) is 0 Å². The van der Waals surface area contributed by atoms with Crippen molar-refractivity contribution in [2.45, 2.75) is 340 Å². The molecule has 380 valence electrons. The Kier molecular flexibility index (Phi) is 53.4. The summed E-state index contributed by atoms with van der Waals surface area (Å²) in [4.78, 5) is 12.6. The van der Waals surface area contributed by atoms with E-state index < -0.39 is 24.2 Å². The van der Waals surface area contributed by atoms with Gasteiger partial charge in [-0.3, -0.25) is 4.79 Å². The molecular weight excluding hydrogens is 787 g/mol. The Morgan fingerprint density at radius 2 is 0.641 bits per heavy atom. The van der Waals surface area contributed by atoms with Crippen LogP contribution in [0.5, 0.6) is 0 Å². The van der Waals surface area contributed by atoms with Crippen LogP contribution in [0.15, 0.2) is 24.3 Å². The maximum atomic E-state index is 12.6. The molecule has 0 heterocycles. The molecule has 0 aliphatic rings. The van der Waals surface area contributed by atoms with Gasteiger partial charge < -0.3 is 20.6 Å². The number of rotatable bonds is 54. The van der Waals surface area contributed by atoms with Crippen LogP contribution in [0.25, 0.3) is 0 Å². The first-order valence-electron chi connectivity index (χ1n) is 29.2. The summed E-state index contributed by atoms with van der Waals surface area (Å²) in [7, 11) is 0. The topological polar surface area (TPSA) is 89.8 Å². The summed E-state index contributed by atoms with van der Waals surface area (Å²) in [5.41, 5.74) is 0. The molecule has 0 aromatic carbocycles. The van der Waals surface area contributed by atoms with Crippen molar-refractivity contribution in [2.24, 2.45) is 0 Å². The third-order valence-electron chi connectivity index (χ3n) is 13.8. The van der Waals surface area contributed by atoms with Gasteiger partial charge >= 0.3 is 0 Å². The molecule has 3 atom stereocenters. The second-order valence-corrected chi connectivity index (χ2v) is 20.2. The lowest BCUT2D eigenvalue weighted by Crippen LogP contribution is -2.48. The highest BCUT2D eigenvalue weighted by Gasteiger charge is 2.22. The van der Waals surface area contributed by atoms with Crippen molar-refractivity contribution in [1.82, 2.24) is 5.32 Å². The van der Waals surface area contributed by atoms with Crippen LogP contribution in [0.1, 0.15) is 322 Å². The molecule has 0 saturated heterocycles. The zero-order chi connectivity index (χ0) is 46.5. The fourth-order valence-corrected chi connectivity index (χ4v) is 9.26. The second-order valence-electron chi connectivity index (χ2n) is 20.2. The van der Waals surface area contributed by atoms with Gasteiger partial charge in [0.05, 0.1) is 18.8 Å². The number of nitrogens with one attached hydrogen (secondary N) is 1. The van der Waals surface area contributed by atoms with Gasteiger partial charge in [-0.15, -0.1) is 0 Å². The molecule has 0 aliphatic heterocycles. The average Bonchev–Trinajstić information content (AvgIpc) is 3.30. The Hall–Kier alpha value is -1.17. The van der Waals surface area contributed by atoms with Crippen LogP contribution in [0.2, 0.25) is 0 Å². The quantitative estimate of drug-likeness (QED) is 0.0362. The molecule has 0 fully saturated rings. The van der Waals surface area contributed by atoms with Crippen LogP contribution in [0, 0.1) is 0 Å². The van der Waals surface area contributed by atoms with E-state index >= 15 is 0 Å². The van der Waals surface area contributed by atoms with Crippen LogP contribution in [0.3, 0.4) is 0 Å². The minimum absolute atomic E-state index is 0.372. The molecule has 5 nitrogen and oxygen atoms in total. The van der Waals surface area contributed by atoms with E-state index in [-0.39, 0.29) is 6.61 Å². The summed E-state index contributed by atoms with van der Waals surface area (Å²) in [6.07, 6.45) is 69.9. The van der Waals surface area contributed by atoms with Crippen LogP contribution in [-0.2, 0) is 4.79 Å². The van der Waals surface area contributed by atoms with Gasteiger partial charge in [0.1, 0.15) is 6.10 Å². The number of allylic oxidation sites excluding steroid dienone is 3. The zero-order valence-corrected chi connectivity index (χ0v) is 43.4. The summed E-state index contributed by atoms with van der Waals surface area (Å²) in [6.45, 7) is 4.21. The number of carbonyl (C=O) groups is 1. The van der Waals surface area contributed by atoms with Crippen molar-refractivity contribution in [1.29, 1.82) is 0 Å². The maximum Gasteiger partial charge on any atom is 0.249 e. The monoisotopic (exact) mass is 902 g/mol.